The van der Waals surface area contributed by atoms with E-state index in [1.54, 1.807) is 13.2 Å². The summed E-state index contributed by atoms with van der Waals surface area (Å²) in [7, 11) is 1.61. The molecule has 2 unspecified atom stereocenters. The van der Waals surface area contributed by atoms with Crippen molar-refractivity contribution in [1.82, 2.24) is 10.6 Å². The van der Waals surface area contributed by atoms with Crippen molar-refractivity contribution in [3.8, 4) is 5.75 Å². The van der Waals surface area contributed by atoms with Gasteiger partial charge in [0.2, 0.25) is 5.91 Å². The number of carbonyl (C=O) groups is 2. The number of thiophene rings is 1. The van der Waals surface area contributed by atoms with Gasteiger partial charge in [-0.15, -0.1) is 11.3 Å². The SMILES string of the molecule is COc1ccc(C)cc1C(C)NC(=O)C(NC(=O)c1cccs1)C(C)C. The number of methoxy groups -OCH3 is 1. The lowest BCUT2D eigenvalue weighted by atomic mass is 10.0. The van der Waals surface area contributed by atoms with Gasteiger partial charge in [0.15, 0.2) is 0 Å². The Kier molecular flexibility index (Phi) is 6.80. The second-order valence-electron chi connectivity index (χ2n) is 6.65. The molecule has 0 fully saturated rings. The van der Waals surface area contributed by atoms with Crippen LogP contribution in [0.25, 0.3) is 0 Å². The minimum Gasteiger partial charge on any atom is -0.496 e. The highest BCUT2D eigenvalue weighted by atomic mass is 32.1. The first-order valence-electron chi connectivity index (χ1n) is 8.62. The highest BCUT2D eigenvalue weighted by Gasteiger charge is 2.27. The number of hydrogen-bond donors (Lipinski definition) is 2. The molecule has 0 bridgehead atoms. The third kappa shape index (κ3) is 4.85. The molecule has 0 aliphatic heterocycles. The van der Waals surface area contributed by atoms with E-state index in [0.717, 1.165) is 16.9 Å². The second kappa shape index (κ2) is 8.85. The third-order valence-corrected chi connectivity index (χ3v) is 5.06. The van der Waals surface area contributed by atoms with Crippen LogP contribution in [0.1, 0.15) is 47.6 Å². The number of aryl methyl sites for hydroxylation is 1. The highest BCUT2D eigenvalue weighted by Crippen LogP contribution is 2.26. The minimum absolute atomic E-state index is 0.0366. The molecule has 5 nitrogen and oxygen atoms in total. The molecular weight excluding hydrogens is 348 g/mol. The quantitative estimate of drug-likeness (QED) is 0.777. The van der Waals surface area contributed by atoms with Crippen LogP contribution in [-0.2, 0) is 4.79 Å². The van der Waals surface area contributed by atoms with E-state index in [1.807, 2.05) is 57.3 Å². The summed E-state index contributed by atoms with van der Waals surface area (Å²) in [6, 6.07) is 8.57. The molecule has 6 heteroatoms. The normalized spacial score (nSPS) is 13.2. The number of benzene rings is 1. The van der Waals surface area contributed by atoms with Gasteiger partial charge in [-0.25, -0.2) is 0 Å². The molecule has 0 spiro atoms. The Morgan fingerprint density at radius 2 is 1.85 bits per heavy atom. The van der Waals surface area contributed by atoms with E-state index in [1.165, 1.54) is 11.3 Å². The zero-order valence-electron chi connectivity index (χ0n) is 15.8. The van der Waals surface area contributed by atoms with Gasteiger partial charge >= 0.3 is 0 Å². The Labute approximate surface area is 158 Å². The van der Waals surface area contributed by atoms with Gasteiger partial charge in [-0.2, -0.15) is 0 Å². The van der Waals surface area contributed by atoms with Gasteiger partial charge in [0.05, 0.1) is 18.0 Å². The molecule has 2 rings (SSSR count). The fourth-order valence-corrected chi connectivity index (χ4v) is 3.36. The molecule has 1 aromatic heterocycles. The van der Waals surface area contributed by atoms with Gasteiger partial charge in [-0.05, 0) is 37.3 Å². The summed E-state index contributed by atoms with van der Waals surface area (Å²) in [6.07, 6.45) is 0. The van der Waals surface area contributed by atoms with E-state index in [9.17, 15) is 9.59 Å². The van der Waals surface area contributed by atoms with E-state index in [4.69, 9.17) is 4.74 Å². The summed E-state index contributed by atoms with van der Waals surface area (Å²) in [5.41, 5.74) is 2.00. The molecule has 2 atom stereocenters. The lowest BCUT2D eigenvalue weighted by molar-refractivity contribution is -0.124. The Hall–Kier alpha value is -2.34. The van der Waals surface area contributed by atoms with Crippen LogP contribution in [0, 0.1) is 12.8 Å². The summed E-state index contributed by atoms with van der Waals surface area (Å²) < 4.78 is 5.40. The van der Waals surface area contributed by atoms with Crippen LogP contribution >= 0.6 is 11.3 Å². The van der Waals surface area contributed by atoms with Crippen molar-refractivity contribution in [2.24, 2.45) is 5.92 Å². The van der Waals surface area contributed by atoms with Crippen LogP contribution in [-0.4, -0.2) is 25.0 Å². The van der Waals surface area contributed by atoms with Crippen LogP contribution in [0.2, 0.25) is 0 Å². The third-order valence-electron chi connectivity index (χ3n) is 4.19. The summed E-state index contributed by atoms with van der Waals surface area (Å²) >= 11 is 1.35. The number of carbonyl (C=O) groups excluding carboxylic acids is 2. The predicted molar refractivity (Wildman–Crippen MR) is 105 cm³/mol. The van der Waals surface area contributed by atoms with Gasteiger partial charge < -0.3 is 15.4 Å². The van der Waals surface area contributed by atoms with E-state index >= 15 is 0 Å². The highest BCUT2D eigenvalue weighted by molar-refractivity contribution is 7.12. The molecule has 140 valence electrons. The van der Waals surface area contributed by atoms with Crippen LogP contribution in [0.5, 0.6) is 5.75 Å². The monoisotopic (exact) mass is 374 g/mol. The first-order chi connectivity index (χ1) is 12.3. The lowest BCUT2D eigenvalue weighted by Crippen LogP contribution is -2.50. The summed E-state index contributed by atoms with van der Waals surface area (Å²) in [6.45, 7) is 7.73. The molecule has 1 aromatic carbocycles. The van der Waals surface area contributed by atoms with Gasteiger partial charge in [0, 0.05) is 5.56 Å². The molecule has 0 saturated heterocycles. The maximum absolute atomic E-state index is 12.8. The molecule has 2 N–H and O–H groups in total. The Morgan fingerprint density at radius 3 is 2.42 bits per heavy atom. The number of nitrogens with one attached hydrogen (secondary N) is 2. The Morgan fingerprint density at radius 1 is 1.12 bits per heavy atom. The molecule has 2 aromatic rings. The first kappa shape index (κ1) is 20.0. The summed E-state index contributed by atoms with van der Waals surface area (Å²) in [4.78, 5) is 25.7. The van der Waals surface area contributed by atoms with Crippen LogP contribution in [0.15, 0.2) is 35.7 Å². The average molecular weight is 375 g/mol. The Balaban J connectivity index is 2.12. The molecule has 2 amide bonds. The van der Waals surface area contributed by atoms with E-state index in [2.05, 4.69) is 10.6 Å². The maximum Gasteiger partial charge on any atom is 0.262 e. The number of amides is 2. The topological polar surface area (TPSA) is 67.4 Å². The summed E-state index contributed by atoms with van der Waals surface area (Å²) in [5.74, 6) is 0.258. The molecule has 0 saturated carbocycles. The Bertz CT molecular complexity index is 756. The van der Waals surface area contributed by atoms with Crippen molar-refractivity contribution < 1.29 is 14.3 Å². The summed E-state index contributed by atoms with van der Waals surface area (Å²) in [5, 5.41) is 7.68. The number of rotatable bonds is 7. The standard InChI is InChI=1S/C20H26N2O3S/c1-12(2)18(22-19(23)17-7-6-10-26-17)20(24)21-14(4)15-11-13(3)8-9-16(15)25-5/h6-12,14,18H,1-5H3,(H,21,24)(H,22,23). The first-order valence-corrected chi connectivity index (χ1v) is 9.50. The van der Waals surface area contributed by atoms with Crippen LogP contribution in [0.4, 0.5) is 0 Å². The van der Waals surface area contributed by atoms with Gasteiger partial charge in [-0.3, -0.25) is 9.59 Å². The van der Waals surface area contributed by atoms with E-state index in [0.29, 0.717) is 4.88 Å². The van der Waals surface area contributed by atoms with Crippen molar-refractivity contribution in [2.45, 2.75) is 39.8 Å². The molecule has 1 heterocycles. The van der Waals surface area contributed by atoms with Crippen molar-refractivity contribution in [1.29, 1.82) is 0 Å². The molecule has 26 heavy (non-hydrogen) atoms. The average Bonchev–Trinajstić information content (AvgIpc) is 3.13. The van der Waals surface area contributed by atoms with Gasteiger partial charge in [0.1, 0.15) is 11.8 Å². The minimum atomic E-state index is -0.608. The smallest absolute Gasteiger partial charge is 0.262 e. The predicted octanol–water partition coefficient (Wildman–Crippen LogP) is 3.70. The van der Waals surface area contributed by atoms with Crippen molar-refractivity contribution in [3.63, 3.8) is 0 Å². The van der Waals surface area contributed by atoms with Gasteiger partial charge in [0.25, 0.3) is 5.91 Å². The zero-order chi connectivity index (χ0) is 19.3. The van der Waals surface area contributed by atoms with Gasteiger partial charge in [-0.1, -0.05) is 37.6 Å². The zero-order valence-corrected chi connectivity index (χ0v) is 16.6. The van der Waals surface area contributed by atoms with Crippen LogP contribution in [0.3, 0.4) is 0 Å². The molecule has 0 aliphatic carbocycles. The molecule has 0 radical (unpaired) electrons. The molecular formula is C20H26N2O3S. The fraction of sp³-hybridized carbons (Fsp3) is 0.400. The van der Waals surface area contributed by atoms with Crippen LogP contribution < -0.4 is 15.4 Å². The number of ether oxygens (including phenoxy) is 1. The van der Waals surface area contributed by atoms with E-state index in [-0.39, 0.29) is 23.8 Å². The molecule has 0 aliphatic rings. The van der Waals surface area contributed by atoms with Crippen molar-refractivity contribution in [3.05, 3.63) is 51.7 Å². The number of hydrogen-bond acceptors (Lipinski definition) is 4. The largest absolute Gasteiger partial charge is 0.496 e. The van der Waals surface area contributed by atoms with E-state index < -0.39 is 6.04 Å². The lowest BCUT2D eigenvalue weighted by Gasteiger charge is -2.25. The van der Waals surface area contributed by atoms with Crippen molar-refractivity contribution >= 4 is 23.2 Å². The van der Waals surface area contributed by atoms with Crippen molar-refractivity contribution in [2.75, 3.05) is 7.11 Å². The fourth-order valence-electron chi connectivity index (χ4n) is 2.73. The maximum atomic E-state index is 12.8. The second-order valence-corrected chi connectivity index (χ2v) is 7.60.